The zero-order valence-electron chi connectivity index (χ0n) is 10.0. The number of methoxy groups -OCH3 is 1. The molecule has 0 spiro atoms. The summed E-state index contributed by atoms with van der Waals surface area (Å²) >= 11 is -2.38. The molecule has 1 heterocycles. The average Bonchev–Trinajstić information content (AvgIpc) is 2.15. The van der Waals surface area contributed by atoms with Gasteiger partial charge in [-0.1, -0.05) is 0 Å². The minimum absolute atomic E-state index is 0.0314. The Morgan fingerprint density at radius 1 is 1.40 bits per heavy atom. The van der Waals surface area contributed by atoms with Crippen LogP contribution in [0, 0.1) is 0 Å². The molecule has 0 aliphatic heterocycles. The summed E-state index contributed by atoms with van der Waals surface area (Å²) in [4.78, 5) is 18.7. The topological polar surface area (TPSA) is 39.4 Å². The molecule has 0 fully saturated rings. The molecule has 0 amide bonds. The number of rotatable bonds is 3. The van der Waals surface area contributed by atoms with Crippen LogP contribution in [-0.4, -0.2) is 25.5 Å². The molecule has 0 saturated carbocycles. The zero-order chi connectivity index (χ0) is 11.6. The van der Waals surface area contributed by atoms with Crippen molar-refractivity contribution in [2.45, 2.75) is 28.2 Å². The third-order valence-corrected chi connectivity index (χ3v) is 7.95. The Morgan fingerprint density at radius 2 is 2.00 bits per heavy atom. The van der Waals surface area contributed by atoms with E-state index in [2.05, 4.69) is 14.8 Å². The third kappa shape index (κ3) is 2.56. The van der Waals surface area contributed by atoms with E-state index in [-0.39, 0.29) is 5.43 Å². The summed E-state index contributed by atoms with van der Waals surface area (Å²) < 4.78 is 11.5. The van der Waals surface area contributed by atoms with E-state index in [0.717, 1.165) is 3.58 Å². The first kappa shape index (κ1) is 12.6. The van der Waals surface area contributed by atoms with Crippen molar-refractivity contribution in [1.82, 2.24) is 0 Å². The molecule has 0 atom stereocenters. The molecular weight excluding hydrogens is 299 g/mol. The van der Waals surface area contributed by atoms with E-state index in [9.17, 15) is 4.79 Å². The first-order valence-corrected chi connectivity index (χ1v) is 15.1. The second kappa shape index (κ2) is 4.59. The molecule has 3 nitrogen and oxygen atoms in total. The van der Waals surface area contributed by atoms with Crippen molar-refractivity contribution in [3.05, 3.63) is 22.2 Å². The maximum absolute atomic E-state index is 12.1. The third-order valence-electron chi connectivity index (χ3n) is 2.36. The molecule has 0 N–H and O–H groups in total. The van der Waals surface area contributed by atoms with Crippen molar-refractivity contribution in [2.24, 2.45) is 0 Å². The molecule has 1 rings (SSSR count). The van der Waals surface area contributed by atoms with Gasteiger partial charge in [0.1, 0.15) is 0 Å². The summed E-state index contributed by atoms with van der Waals surface area (Å²) in [5.41, 5.74) is 0.0314. The van der Waals surface area contributed by atoms with Crippen LogP contribution in [0.2, 0.25) is 14.8 Å². The molecule has 15 heavy (non-hydrogen) atoms. The van der Waals surface area contributed by atoms with E-state index < -0.39 is 18.4 Å². The van der Waals surface area contributed by atoms with Crippen LogP contribution in [0.1, 0.15) is 12.7 Å². The summed E-state index contributed by atoms with van der Waals surface area (Å²) in [6.07, 6.45) is 2.32. The van der Waals surface area contributed by atoms with Gasteiger partial charge in [0.2, 0.25) is 0 Å². The molecule has 0 unspecified atom stereocenters. The summed E-state index contributed by atoms with van der Waals surface area (Å²) in [5.74, 6) is 1.03. The molecule has 1 aromatic heterocycles. The predicted octanol–water partition coefficient (Wildman–Crippen LogP) is 1.76. The van der Waals surface area contributed by atoms with Crippen molar-refractivity contribution in [1.29, 1.82) is 0 Å². The van der Waals surface area contributed by atoms with Gasteiger partial charge in [-0.2, -0.15) is 0 Å². The van der Waals surface area contributed by atoms with Crippen LogP contribution >= 0.6 is 0 Å². The first-order valence-electron chi connectivity index (χ1n) is 5.11. The molecule has 4 heteroatoms. The van der Waals surface area contributed by atoms with E-state index in [4.69, 9.17) is 9.15 Å². The van der Waals surface area contributed by atoms with Gasteiger partial charge in [0.25, 0.3) is 0 Å². The molecule has 0 saturated heterocycles. The summed E-state index contributed by atoms with van der Waals surface area (Å²) in [7, 11) is 1.52. The fourth-order valence-corrected chi connectivity index (χ4v) is 4.90. The maximum atomic E-state index is 12.1. The molecule has 0 aliphatic rings. The predicted molar refractivity (Wildman–Crippen MR) is 63.9 cm³/mol. The quantitative estimate of drug-likeness (QED) is 0.798. The molecule has 0 aliphatic carbocycles. The normalized spacial score (nSPS) is 11.5. The number of aryl methyl sites for hydroxylation is 1. The molecular formula is C11H18O3Sn. The van der Waals surface area contributed by atoms with Gasteiger partial charge in [0.05, 0.1) is 0 Å². The van der Waals surface area contributed by atoms with Crippen LogP contribution in [0.3, 0.4) is 0 Å². The van der Waals surface area contributed by atoms with Crippen molar-refractivity contribution >= 4 is 22.0 Å². The van der Waals surface area contributed by atoms with Crippen LogP contribution in [0.15, 0.2) is 15.5 Å². The Hall–Kier alpha value is -0.451. The monoisotopic (exact) mass is 318 g/mol. The number of hydrogen-bond donors (Lipinski definition) is 0. The van der Waals surface area contributed by atoms with Gasteiger partial charge in [-0.05, 0) is 0 Å². The fourth-order valence-electron chi connectivity index (χ4n) is 1.45. The Balaban J connectivity index is 3.43. The fraction of sp³-hybridized carbons (Fsp3) is 0.545. The van der Waals surface area contributed by atoms with Crippen molar-refractivity contribution in [2.75, 3.05) is 7.11 Å². The molecule has 0 aromatic carbocycles. The number of hydrogen-bond acceptors (Lipinski definition) is 3. The van der Waals surface area contributed by atoms with Crippen LogP contribution in [0.5, 0.6) is 5.75 Å². The summed E-state index contributed by atoms with van der Waals surface area (Å²) in [5, 5.41) is 0. The molecule has 84 valence electrons. The van der Waals surface area contributed by atoms with Gasteiger partial charge in [-0.25, -0.2) is 0 Å². The van der Waals surface area contributed by atoms with E-state index >= 15 is 0 Å². The second-order valence-electron chi connectivity index (χ2n) is 4.54. The second-order valence-corrected chi connectivity index (χ2v) is 18.9. The Bertz CT molecular complexity index is 401. The standard InChI is InChI=1S/C8H9O3.3CH3.Sn/c1-3-7-8(10-2)6(9)4-5-11-7;;;;/h5H,3H2,1-2H3;3*1H3;. The average molecular weight is 317 g/mol. The van der Waals surface area contributed by atoms with Gasteiger partial charge in [0, 0.05) is 0 Å². The van der Waals surface area contributed by atoms with Gasteiger partial charge in [-0.15, -0.1) is 0 Å². The van der Waals surface area contributed by atoms with E-state index in [0.29, 0.717) is 17.9 Å². The summed E-state index contributed by atoms with van der Waals surface area (Å²) in [6, 6.07) is 0. The van der Waals surface area contributed by atoms with Crippen LogP contribution in [-0.2, 0) is 6.42 Å². The Kier molecular flexibility index (Phi) is 3.86. The minimum atomic E-state index is -2.38. The van der Waals surface area contributed by atoms with E-state index in [1.807, 2.05) is 6.92 Å². The van der Waals surface area contributed by atoms with Crippen LogP contribution in [0.25, 0.3) is 0 Å². The molecule has 0 bridgehead atoms. The van der Waals surface area contributed by atoms with Gasteiger partial charge < -0.3 is 0 Å². The van der Waals surface area contributed by atoms with Gasteiger partial charge >= 0.3 is 94.4 Å². The van der Waals surface area contributed by atoms with Crippen LogP contribution in [0.4, 0.5) is 0 Å². The molecule has 0 radical (unpaired) electrons. The van der Waals surface area contributed by atoms with Gasteiger partial charge in [-0.3, -0.25) is 0 Å². The Morgan fingerprint density at radius 3 is 2.40 bits per heavy atom. The SMILES string of the molecule is CCc1oc[c]([Sn]([CH3])([CH3])[CH3])c(=O)c1OC. The number of ether oxygens (including phenoxy) is 1. The van der Waals surface area contributed by atoms with E-state index in [1.54, 1.807) is 6.26 Å². The Labute approximate surface area is 94.3 Å². The van der Waals surface area contributed by atoms with Crippen molar-refractivity contribution in [3.8, 4) is 5.75 Å². The van der Waals surface area contributed by atoms with Gasteiger partial charge in [0.15, 0.2) is 0 Å². The first-order chi connectivity index (χ1) is 6.91. The van der Waals surface area contributed by atoms with E-state index in [1.165, 1.54) is 7.11 Å². The van der Waals surface area contributed by atoms with Crippen molar-refractivity contribution < 1.29 is 9.15 Å². The van der Waals surface area contributed by atoms with Crippen LogP contribution < -0.4 is 13.7 Å². The summed E-state index contributed by atoms with van der Waals surface area (Å²) in [6.45, 7) is 1.95. The zero-order valence-corrected chi connectivity index (χ0v) is 12.9. The van der Waals surface area contributed by atoms with Crippen molar-refractivity contribution in [3.63, 3.8) is 0 Å². The molecule has 1 aromatic rings.